The van der Waals surface area contributed by atoms with Crippen LogP contribution >= 0.6 is 23.2 Å². The van der Waals surface area contributed by atoms with Gasteiger partial charge in [0, 0.05) is 64.8 Å². The minimum atomic E-state index is -0.659. The van der Waals surface area contributed by atoms with Crippen LogP contribution in [-0.2, 0) is 13.1 Å². The largest absolute Gasteiger partial charge is 0.336 e. The van der Waals surface area contributed by atoms with Crippen molar-refractivity contribution in [1.29, 1.82) is 0 Å². The molecule has 16 heteroatoms. The molecule has 2 saturated heterocycles. The van der Waals surface area contributed by atoms with Gasteiger partial charge in [-0.2, -0.15) is 0 Å². The second kappa shape index (κ2) is 14.0. The first-order valence-electron chi connectivity index (χ1n) is 12.9. The standard InChI is InChI=1S/C24H30Cl2N10O4/c25-21-7-5-19(15-27-21)17-33-13-11-31(23(33)29-35(37)38)9-3-1-2-4-10-32-12-14-34(24(32)30-36(39)40)18-20-6-8-22(26)28-16-20/h5-8,15-16H,1-4,9-14,17-18H2/b29-23+,30-24+. The van der Waals surface area contributed by atoms with Crippen LogP contribution in [0.1, 0.15) is 36.8 Å². The summed E-state index contributed by atoms with van der Waals surface area (Å²) in [6, 6.07) is 7.08. The third-order valence-electron chi connectivity index (χ3n) is 6.68. The number of hydrogen-bond acceptors (Lipinski definition) is 6. The van der Waals surface area contributed by atoms with Gasteiger partial charge in [0.1, 0.15) is 20.5 Å². The molecule has 0 atom stereocenters. The number of aromatic nitrogens is 2. The van der Waals surface area contributed by atoms with E-state index in [1.54, 1.807) is 24.5 Å². The van der Waals surface area contributed by atoms with Gasteiger partial charge in [-0.25, -0.2) is 30.2 Å². The van der Waals surface area contributed by atoms with Gasteiger partial charge < -0.3 is 19.6 Å². The highest BCUT2D eigenvalue weighted by Gasteiger charge is 2.30. The summed E-state index contributed by atoms with van der Waals surface area (Å²) >= 11 is 11.7. The van der Waals surface area contributed by atoms with E-state index >= 15 is 0 Å². The van der Waals surface area contributed by atoms with E-state index < -0.39 is 10.1 Å². The fourth-order valence-electron chi connectivity index (χ4n) is 4.80. The Balaban J connectivity index is 1.22. The molecule has 4 rings (SSSR count). The van der Waals surface area contributed by atoms with Crippen molar-refractivity contribution in [2.24, 2.45) is 10.2 Å². The smallest absolute Gasteiger partial charge is 0.274 e. The molecular formula is C24H30Cl2N10O4. The zero-order valence-electron chi connectivity index (χ0n) is 21.8. The predicted octanol–water partition coefficient (Wildman–Crippen LogP) is 3.37. The molecule has 0 spiro atoms. The van der Waals surface area contributed by atoms with E-state index in [4.69, 9.17) is 23.2 Å². The van der Waals surface area contributed by atoms with Crippen molar-refractivity contribution >= 4 is 35.1 Å². The monoisotopic (exact) mass is 592 g/mol. The van der Waals surface area contributed by atoms with E-state index in [2.05, 4.69) is 20.2 Å². The Bertz CT molecular complexity index is 1130. The van der Waals surface area contributed by atoms with Gasteiger partial charge in [-0.3, -0.25) is 0 Å². The average Bonchev–Trinajstić information content (AvgIpc) is 3.46. The maximum absolute atomic E-state index is 11.2. The van der Waals surface area contributed by atoms with Crippen LogP contribution in [0, 0.1) is 20.2 Å². The molecule has 14 nitrogen and oxygen atoms in total. The predicted molar refractivity (Wildman–Crippen MR) is 150 cm³/mol. The van der Waals surface area contributed by atoms with E-state index in [-0.39, 0.29) is 0 Å². The lowest BCUT2D eigenvalue weighted by Crippen LogP contribution is -2.35. The number of hydrazone groups is 2. The Morgan fingerprint density at radius 2 is 1.07 bits per heavy atom. The fraction of sp³-hybridized carbons (Fsp3) is 0.500. The molecule has 0 aromatic carbocycles. The van der Waals surface area contributed by atoms with Crippen molar-refractivity contribution < 1.29 is 10.1 Å². The van der Waals surface area contributed by atoms with Crippen LogP contribution in [-0.4, -0.2) is 90.8 Å². The number of hydrogen-bond donors (Lipinski definition) is 0. The number of unbranched alkanes of at least 4 members (excludes halogenated alkanes) is 3. The van der Waals surface area contributed by atoms with Gasteiger partial charge in [-0.1, -0.05) is 48.2 Å². The summed E-state index contributed by atoms with van der Waals surface area (Å²) in [6.07, 6.45) is 6.84. The lowest BCUT2D eigenvalue weighted by molar-refractivity contribution is -0.486. The first-order valence-corrected chi connectivity index (χ1v) is 13.7. The fourth-order valence-corrected chi connectivity index (χ4v) is 5.03. The highest BCUT2D eigenvalue weighted by molar-refractivity contribution is 6.29. The lowest BCUT2D eigenvalue weighted by atomic mass is 10.2. The second-order valence-electron chi connectivity index (χ2n) is 9.49. The minimum Gasteiger partial charge on any atom is -0.336 e. The molecule has 2 aliphatic heterocycles. The molecule has 214 valence electrons. The van der Waals surface area contributed by atoms with Crippen molar-refractivity contribution in [2.75, 3.05) is 39.3 Å². The summed E-state index contributed by atoms with van der Waals surface area (Å²) in [4.78, 5) is 38.2. The van der Waals surface area contributed by atoms with Gasteiger partial charge in [0.2, 0.25) is 0 Å². The van der Waals surface area contributed by atoms with Crippen molar-refractivity contribution in [1.82, 2.24) is 29.6 Å². The number of nitro groups is 2. The second-order valence-corrected chi connectivity index (χ2v) is 10.3. The third kappa shape index (κ3) is 8.36. The molecule has 4 heterocycles. The zero-order valence-corrected chi connectivity index (χ0v) is 23.3. The molecule has 2 aromatic rings. The summed E-state index contributed by atoms with van der Waals surface area (Å²) in [5, 5.41) is 29.1. The first-order chi connectivity index (χ1) is 19.3. The number of rotatable bonds is 13. The van der Waals surface area contributed by atoms with E-state index in [1.165, 1.54) is 0 Å². The number of nitrogens with zero attached hydrogens (tertiary/aromatic N) is 10. The molecule has 0 saturated carbocycles. The summed E-state index contributed by atoms with van der Waals surface area (Å²) in [5.74, 6) is 0.710. The lowest BCUT2D eigenvalue weighted by Gasteiger charge is -2.21. The SMILES string of the molecule is O=[N+]([O-])/N=C1\N(CCCCCCN2CCN(Cc3ccc(Cl)nc3)/C2=N/[N+](=O)[O-])CCN1Cc1ccc(Cl)nc1. The third-order valence-corrected chi connectivity index (χ3v) is 7.13. The van der Waals surface area contributed by atoms with Crippen LogP contribution in [0.4, 0.5) is 0 Å². The molecule has 0 unspecified atom stereocenters. The van der Waals surface area contributed by atoms with Gasteiger partial charge in [-0.05, 0) is 36.1 Å². The first kappa shape index (κ1) is 29.2. The molecule has 0 radical (unpaired) electrons. The van der Waals surface area contributed by atoms with Gasteiger partial charge in [0.25, 0.3) is 11.9 Å². The van der Waals surface area contributed by atoms with Crippen LogP contribution in [0.3, 0.4) is 0 Å². The number of pyridine rings is 2. The quantitative estimate of drug-likeness (QED) is 0.146. The van der Waals surface area contributed by atoms with Gasteiger partial charge >= 0.3 is 0 Å². The van der Waals surface area contributed by atoms with Crippen LogP contribution in [0.2, 0.25) is 10.3 Å². The topological polar surface area (TPSA) is 150 Å². The highest BCUT2D eigenvalue weighted by Crippen LogP contribution is 2.18. The Labute approximate surface area is 241 Å². The molecule has 0 bridgehead atoms. The van der Waals surface area contributed by atoms with Gasteiger partial charge in [0.15, 0.2) is 10.1 Å². The zero-order chi connectivity index (χ0) is 28.5. The highest BCUT2D eigenvalue weighted by atomic mass is 35.5. The van der Waals surface area contributed by atoms with Crippen molar-refractivity contribution in [3.8, 4) is 0 Å². The van der Waals surface area contributed by atoms with Crippen LogP contribution in [0.15, 0.2) is 46.9 Å². The average molecular weight is 593 g/mol. The number of halogens is 2. The van der Waals surface area contributed by atoms with E-state index in [0.717, 1.165) is 36.8 Å². The van der Waals surface area contributed by atoms with E-state index in [1.807, 2.05) is 31.7 Å². The minimum absolute atomic E-state index is 0.355. The Morgan fingerprint density at radius 1 is 0.675 bits per heavy atom. The molecule has 2 aliphatic rings. The number of guanidine groups is 2. The van der Waals surface area contributed by atoms with Crippen LogP contribution < -0.4 is 0 Å². The Hall–Kier alpha value is -3.78. The molecule has 2 aromatic heterocycles. The van der Waals surface area contributed by atoms with Crippen molar-refractivity contribution in [3.63, 3.8) is 0 Å². The molecule has 0 aliphatic carbocycles. The van der Waals surface area contributed by atoms with Crippen molar-refractivity contribution in [3.05, 3.63) is 78.3 Å². The molecule has 0 amide bonds. The molecule has 0 N–H and O–H groups in total. The normalized spacial score (nSPS) is 17.4. The summed E-state index contributed by atoms with van der Waals surface area (Å²) in [6.45, 7) is 4.80. The summed E-state index contributed by atoms with van der Waals surface area (Å²) in [7, 11) is 0. The van der Waals surface area contributed by atoms with E-state index in [9.17, 15) is 20.2 Å². The summed E-state index contributed by atoms with van der Waals surface area (Å²) in [5.41, 5.74) is 1.79. The van der Waals surface area contributed by atoms with Crippen molar-refractivity contribution in [2.45, 2.75) is 38.8 Å². The Morgan fingerprint density at radius 3 is 1.43 bits per heavy atom. The maximum Gasteiger partial charge on any atom is 0.274 e. The molecular weight excluding hydrogens is 563 g/mol. The molecule has 40 heavy (non-hydrogen) atoms. The van der Waals surface area contributed by atoms with Gasteiger partial charge in [0.05, 0.1) is 0 Å². The Kier molecular flexibility index (Phi) is 10.2. The summed E-state index contributed by atoms with van der Waals surface area (Å²) < 4.78 is 0. The van der Waals surface area contributed by atoms with E-state index in [0.29, 0.717) is 74.6 Å². The van der Waals surface area contributed by atoms with Gasteiger partial charge in [-0.15, -0.1) is 0 Å². The van der Waals surface area contributed by atoms with Crippen LogP contribution in [0.5, 0.6) is 0 Å². The maximum atomic E-state index is 11.2. The van der Waals surface area contributed by atoms with Crippen LogP contribution in [0.25, 0.3) is 0 Å². The molecule has 2 fully saturated rings.